The lowest BCUT2D eigenvalue weighted by atomic mass is 10.1. The van der Waals surface area contributed by atoms with Gasteiger partial charge in [-0.05, 0) is 26.3 Å². The predicted octanol–water partition coefficient (Wildman–Crippen LogP) is 0.478. The van der Waals surface area contributed by atoms with Crippen LogP contribution < -0.4 is 0 Å². The van der Waals surface area contributed by atoms with E-state index >= 15 is 0 Å². The van der Waals surface area contributed by atoms with Crippen molar-refractivity contribution in [2.24, 2.45) is 0 Å². The molecule has 0 saturated heterocycles. The SMILES string of the molecule is C/C=C/C(=O)O[C@H]1/C=C\[C@@H](O)[C@@H](O)CCC(=O)O[C@@H]1C. The molecule has 112 valence electrons. The number of carbonyl (C=O) groups is 2. The Hall–Kier alpha value is -1.66. The fourth-order valence-electron chi connectivity index (χ4n) is 1.72. The van der Waals surface area contributed by atoms with Gasteiger partial charge >= 0.3 is 11.9 Å². The van der Waals surface area contributed by atoms with Crippen molar-refractivity contribution in [3.8, 4) is 0 Å². The quantitative estimate of drug-likeness (QED) is 0.435. The summed E-state index contributed by atoms with van der Waals surface area (Å²) in [7, 11) is 0. The number of allylic oxidation sites excluding steroid dienone is 1. The average molecular weight is 284 g/mol. The van der Waals surface area contributed by atoms with Crippen LogP contribution in [0.3, 0.4) is 0 Å². The summed E-state index contributed by atoms with van der Waals surface area (Å²) in [6.07, 6.45) is 1.97. The third-order valence-electron chi connectivity index (χ3n) is 2.87. The lowest BCUT2D eigenvalue weighted by molar-refractivity contribution is -0.161. The first-order chi connectivity index (χ1) is 9.43. The molecule has 1 aliphatic heterocycles. The first-order valence-electron chi connectivity index (χ1n) is 6.51. The van der Waals surface area contributed by atoms with E-state index in [9.17, 15) is 19.8 Å². The normalized spacial score (nSPS) is 33.5. The van der Waals surface area contributed by atoms with Crippen LogP contribution in [0.4, 0.5) is 0 Å². The second kappa shape index (κ2) is 7.81. The van der Waals surface area contributed by atoms with Crippen molar-refractivity contribution < 1.29 is 29.3 Å². The highest BCUT2D eigenvalue weighted by Crippen LogP contribution is 2.14. The Morgan fingerprint density at radius 2 is 2.15 bits per heavy atom. The van der Waals surface area contributed by atoms with Gasteiger partial charge < -0.3 is 19.7 Å². The van der Waals surface area contributed by atoms with Gasteiger partial charge in [-0.15, -0.1) is 0 Å². The average Bonchev–Trinajstić information content (AvgIpc) is 2.39. The molecule has 0 bridgehead atoms. The summed E-state index contributed by atoms with van der Waals surface area (Å²) in [6, 6.07) is 0. The molecule has 0 fully saturated rings. The minimum absolute atomic E-state index is 0.00800. The summed E-state index contributed by atoms with van der Waals surface area (Å²) >= 11 is 0. The van der Waals surface area contributed by atoms with Crippen LogP contribution in [-0.4, -0.2) is 46.6 Å². The molecule has 4 atom stereocenters. The van der Waals surface area contributed by atoms with E-state index in [2.05, 4.69) is 0 Å². The van der Waals surface area contributed by atoms with Gasteiger partial charge in [0.1, 0.15) is 6.10 Å². The fourth-order valence-corrected chi connectivity index (χ4v) is 1.72. The van der Waals surface area contributed by atoms with Gasteiger partial charge in [-0.2, -0.15) is 0 Å². The van der Waals surface area contributed by atoms with E-state index in [1.807, 2.05) is 0 Å². The van der Waals surface area contributed by atoms with Crippen LogP contribution in [0.5, 0.6) is 0 Å². The molecular weight excluding hydrogens is 264 g/mol. The molecule has 0 aromatic carbocycles. The molecule has 6 heteroatoms. The number of carbonyl (C=O) groups excluding carboxylic acids is 2. The largest absolute Gasteiger partial charge is 0.458 e. The van der Waals surface area contributed by atoms with E-state index in [1.165, 1.54) is 24.3 Å². The van der Waals surface area contributed by atoms with Gasteiger partial charge in [-0.1, -0.05) is 12.2 Å². The Balaban J connectivity index is 2.86. The molecule has 6 nitrogen and oxygen atoms in total. The maximum Gasteiger partial charge on any atom is 0.331 e. The summed E-state index contributed by atoms with van der Waals surface area (Å²) in [4.78, 5) is 23.0. The van der Waals surface area contributed by atoms with Crippen molar-refractivity contribution in [3.05, 3.63) is 24.3 Å². The Kier molecular flexibility index (Phi) is 6.41. The number of cyclic esters (lactones) is 1. The number of hydrogen-bond acceptors (Lipinski definition) is 6. The zero-order valence-corrected chi connectivity index (χ0v) is 11.6. The Morgan fingerprint density at radius 1 is 1.45 bits per heavy atom. The monoisotopic (exact) mass is 284 g/mol. The molecule has 0 aromatic heterocycles. The van der Waals surface area contributed by atoms with E-state index < -0.39 is 36.4 Å². The van der Waals surface area contributed by atoms with Crippen LogP contribution in [0.25, 0.3) is 0 Å². The van der Waals surface area contributed by atoms with Crippen molar-refractivity contribution in [1.29, 1.82) is 0 Å². The van der Waals surface area contributed by atoms with Gasteiger partial charge in [0, 0.05) is 12.5 Å². The predicted molar refractivity (Wildman–Crippen MR) is 70.6 cm³/mol. The summed E-state index contributed by atoms with van der Waals surface area (Å²) in [6.45, 7) is 3.27. The van der Waals surface area contributed by atoms with Crippen LogP contribution >= 0.6 is 0 Å². The minimum Gasteiger partial charge on any atom is -0.458 e. The number of esters is 2. The molecule has 1 rings (SSSR count). The molecule has 20 heavy (non-hydrogen) atoms. The van der Waals surface area contributed by atoms with Crippen molar-refractivity contribution in [3.63, 3.8) is 0 Å². The summed E-state index contributed by atoms with van der Waals surface area (Å²) in [5.41, 5.74) is 0. The van der Waals surface area contributed by atoms with Gasteiger partial charge in [0.05, 0.1) is 12.2 Å². The van der Waals surface area contributed by atoms with E-state index in [0.717, 1.165) is 0 Å². The van der Waals surface area contributed by atoms with E-state index in [-0.39, 0.29) is 12.8 Å². The van der Waals surface area contributed by atoms with Crippen LogP contribution in [-0.2, 0) is 19.1 Å². The van der Waals surface area contributed by atoms with Gasteiger partial charge in [0.2, 0.25) is 0 Å². The lowest BCUT2D eigenvalue weighted by Gasteiger charge is -2.24. The van der Waals surface area contributed by atoms with Crippen LogP contribution in [0, 0.1) is 0 Å². The highest BCUT2D eigenvalue weighted by molar-refractivity contribution is 5.82. The summed E-state index contributed by atoms with van der Waals surface area (Å²) in [5.74, 6) is -1.08. The van der Waals surface area contributed by atoms with Crippen molar-refractivity contribution in [2.45, 2.75) is 51.1 Å². The highest BCUT2D eigenvalue weighted by atomic mass is 16.6. The standard InChI is InChI=1S/C14H20O6/c1-3-4-13(17)20-12-7-5-10(15)11(16)6-8-14(18)19-9(12)2/h3-5,7,9-12,15-16H,6,8H2,1-2H3/b4-3+,7-5-/t9-,10-,11+,12+/m1/s1. The molecule has 0 spiro atoms. The molecule has 1 aliphatic rings. The smallest absolute Gasteiger partial charge is 0.331 e. The number of rotatable bonds is 2. The number of hydrogen-bond donors (Lipinski definition) is 2. The van der Waals surface area contributed by atoms with Gasteiger partial charge in [0.25, 0.3) is 0 Å². The van der Waals surface area contributed by atoms with Crippen molar-refractivity contribution in [2.75, 3.05) is 0 Å². The fraction of sp³-hybridized carbons (Fsp3) is 0.571. The molecule has 2 N–H and O–H groups in total. The zero-order valence-electron chi connectivity index (χ0n) is 11.6. The first-order valence-corrected chi connectivity index (χ1v) is 6.51. The van der Waals surface area contributed by atoms with Gasteiger partial charge in [-0.3, -0.25) is 4.79 Å². The molecule has 0 saturated carbocycles. The second-order valence-corrected chi connectivity index (χ2v) is 4.58. The molecule has 0 unspecified atom stereocenters. The topological polar surface area (TPSA) is 93.1 Å². The molecule has 0 radical (unpaired) electrons. The molecule has 0 aliphatic carbocycles. The molecular formula is C14H20O6. The van der Waals surface area contributed by atoms with E-state index in [1.54, 1.807) is 13.8 Å². The maximum absolute atomic E-state index is 11.5. The van der Waals surface area contributed by atoms with Crippen molar-refractivity contribution in [1.82, 2.24) is 0 Å². The van der Waals surface area contributed by atoms with Crippen molar-refractivity contribution >= 4 is 11.9 Å². The van der Waals surface area contributed by atoms with Gasteiger partial charge in [-0.25, -0.2) is 4.79 Å². The number of ether oxygens (including phenoxy) is 2. The Labute approximate surface area is 117 Å². The lowest BCUT2D eigenvalue weighted by Crippen LogP contribution is -2.34. The van der Waals surface area contributed by atoms with E-state index in [4.69, 9.17) is 9.47 Å². The third kappa shape index (κ3) is 5.14. The minimum atomic E-state index is -1.11. The number of aliphatic hydroxyl groups excluding tert-OH is 2. The molecule has 0 aromatic rings. The zero-order chi connectivity index (χ0) is 15.1. The molecule has 0 amide bonds. The molecule has 1 heterocycles. The highest BCUT2D eigenvalue weighted by Gasteiger charge is 2.25. The van der Waals surface area contributed by atoms with E-state index in [0.29, 0.717) is 0 Å². The summed E-state index contributed by atoms with van der Waals surface area (Å²) in [5, 5.41) is 19.3. The Morgan fingerprint density at radius 3 is 2.80 bits per heavy atom. The Bertz CT molecular complexity index is 400. The first kappa shape index (κ1) is 16.4. The van der Waals surface area contributed by atoms with Crippen LogP contribution in [0.15, 0.2) is 24.3 Å². The van der Waals surface area contributed by atoms with Crippen LogP contribution in [0.1, 0.15) is 26.7 Å². The van der Waals surface area contributed by atoms with Gasteiger partial charge in [0.15, 0.2) is 6.10 Å². The second-order valence-electron chi connectivity index (χ2n) is 4.58. The maximum atomic E-state index is 11.5. The summed E-state index contributed by atoms with van der Waals surface area (Å²) < 4.78 is 10.2. The third-order valence-corrected chi connectivity index (χ3v) is 2.87. The van der Waals surface area contributed by atoms with Crippen LogP contribution in [0.2, 0.25) is 0 Å². The number of aliphatic hydroxyl groups is 2.